The van der Waals surface area contributed by atoms with Crippen molar-refractivity contribution in [1.82, 2.24) is 20.0 Å². The molecule has 1 N–H and O–H groups in total. The summed E-state index contributed by atoms with van der Waals surface area (Å²) in [6.45, 7) is 5.05. The van der Waals surface area contributed by atoms with E-state index in [2.05, 4.69) is 10.4 Å². The van der Waals surface area contributed by atoms with Crippen LogP contribution in [-0.2, 0) is 16.1 Å². The van der Waals surface area contributed by atoms with Crippen LogP contribution in [0.2, 0.25) is 0 Å². The normalized spacial score (nSPS) is 22.8. The molecular weight excluding hydrogens is 316 g/mol. The summed E-state index contributed by atoms with van der Waals surface area (Å²) in [5, 5.41) is 7.34. The topological polar surface area (TPSA) is 67.2 Å². The summed E-state index contributed by atoms with van der Waals surface area (Å²) in [4.78, 5) is 27.0. The highest BCUT2D eigenvalue weighted by atomic mass is 16.2. The van der Waals surface area contributed by atoms with E-state index >= 15 is 0 Å². The van der Waals surface area contributed by atoms with E-state index in [1.165, 1.54) is 6.92 Å². The molecule has 3 rings (SSSR count). The van der Waals surface area contributed by atoms with E-state index in [1.54, 1.807) is 0 Å². The van der Waals surface area contributed by atoms with Crippen LogP contribution in [0, 0.1) is 12.8 Å². The molecule has 0 radical (unpaired) electrons. The quantitative estimate of drug-likeness (QED) is 0.889. The van der Waals surface area contributed by atoms with Crippen molar-refractivity contribution in [2.75, 3.05) is 6.54 Å². The molecule has 0 aromatic carbocycles. The molecule has 1 aromatic rings. The first-order chi connectivity index (χ1) is 12.0. The Hall–Kier alpha value is -1.85. The number of rotatable bonds is 5. The predicted molar refractivity (Wildman–Crippen MR) is 95.9 cm³/mol. The van der Waals surface area contributed by atoms with Crippen molar-refractivity contribution >= 4 is 11.8 Å². The number of aryl methyl sites for hydroxylation is 1. The zero-order chi connectivity index (χ0) is 17.8. The number of aromatic nitrogens is 2. The summed E-state index contributed by atoms with van der Waals surface area (Å²) in [6.07, 6.45) is 11.4. The van der Waals surface area contributed by atoms with E-state index in [0.717, 1.165) is 63.6 Å². The molecule has 1 aromatic heterocycles. The third-order valence-electron chi connectivity index (χ3n) is 5.57. The van der Waals surface area contributed by atoms with Gasteiger partial charge >= 0.3 is 0 Å². The molecule has 0 spiro atoms. The first-order valence-corrected chi connectivity index (χ1v) is 9.61. The van der Waals surface area contributed by atoms with Crippen LogP contribution in [0.15, 0.2) is 12.4 Å². The predicted octanol–water partition coefficient (Wildman–Crippen LogP) is 2.27. The molecule has 2 fully saturated rings. The number of hydrogen-bond acceptors (Lipinski definition) is 3. The van der Waals surface area contributed by atoms with Crippen LogP contribution in [0.3, 0.4) is 0 Å². The maximum Gasteiger partial charge on any atom is 0.245 e. The molecule has 1 aliphatic carbocycles. The van der Waals surface area contributed by atoms with Crippen molar-refractivity contribution in [3.05, 3.63) is 18.0 Å². The molecular formula is C19H30N4O2. The molecule has 2 aliphatic rings. The lowest BCUT2D eigenvalue weighted by molar-refractivity contribution is -0.141. The number of nitrogens with one attached hydrogen (secondary N) is 1. The van der Waals surface area contributed by atoms with Gasteiger partial charge in [-0.25, -0.2) is 0 Å². The number of carbonyl (C=O) groups excluding carboxylic acids is 2. The van der Waals surface area contributed by atoms with Gasteiger partial charge in [-0.3, -0.25) is 14.3 Å². The Labute approximate surface area is 149 Å². The fourth-order valence-electron chi connectivity index (χ4n) is 4.33. The molecule has 6 heteroatoms. The minimum absolute atomic E-state index is 0.107. The zero-order valence-corrected chi connectivity index (χ0v) is 15.4. The average molecular weight is 346 g/mol. The smallest absolute Gasteiger partial charge is 0.245 e. The van der Waals surface area contributed by atoms with Gasteiger partial charge in [0.25, 0.3) is 0 Å². The minimum atomic E-state index is -0.361. The van der Waals surface area contributed by atoms with Crippen molar-refractivity contribution in [2.24, 2.45) is 5.92 Å². The van der Waals surface area contributed by atoms with Gasteiger partial charge in [0.15, 0.2) is 0 Å². The molecule has 6 nitrogen and oxygen atoms in total. The Morgan fingerprint density at radius 3 is 2.60 bits per heavy atom. The van der Waals surface area contributed by atoms with E-state index in [0.29, 0.717) is 0 Å². The molecule has 0 unspecified atom stereocenters. The van der Waals surface area contributed by atoms with Gasteiger partial charge < -0.3 is 10.2 Å². The van der Waals surface area contributed by atoms with Gasteiger partial charge in [-0.2, -0.15) is 5.10 Å². The highest BCUT2D eigenvalue weighted by Crippen LogP contribution is 2.30. The fourth-order valence-corrected chi connectivity index (χ4v) is 4.33. The Bertz CT molecular complexity index is 606. The summed E-state index contributed by atoms with van der Waals surface area (Å²) in [7, 11) is 0. The van der Waals surface area contributed by atoms with Crippen molar-refractivity contribution in [3.8, 4) is 0 Å². The Morgan fingerprint density at radius 1 is 1.24 bits per heavy atom. The standard InChI is InChI=1S/C19H30N4O2/c1-14-11-20-22(12-14)13-17-9-5-6-10-23(17)19(25)18(21-15(2)24)16-7-3-4-8-16/h11-12,16-18H,3-10,13H2,1-2H3,(H,21,24)/t17-,18+/m1/s1. The van der Waals surface area contributed by atoms with Gasteiger partial charge in [0, 0.05) is 19.7 Å². The molecule has 2 heterocycles. The second-order valence-electron chi connectivity index (χ2n) is 7.64. The monoisotopic (exact) mass is 346 g/mol. The van der Waals surface area contributed by atoms with E-state index in [4.69, 9.17) is 0 Å². The zero-order valence-electron chi connectivity index (χ0n) is 15.4. The lowest BCUT2D eigenvalue weighted by Crippen LogP contribution is -2.56. The Balaban J connectivity index is 1.74. The van der Waals surface area contributed by atoms with Gasteiger partial charge in [-0.1, -0.05) is 12.8 Å². The number of hydrogen-bond donors (Lipinski definition) is 1. The maximum absolute atomic E-state index is 13.3. The van der Waals surface area contributed by atoms with E-state index < -0.39 is 0 Å². The Kier molecular flexibility index (Phi) is 5.76. The van der Waals surface area contributed by atoms with Crippen molar-refractivity contribution in [1.29, 1.82) is 0 Å². The highest BCUT2D eigenvalue weighted by molar-refractivity contribution is 5.87. The van der Waals surface area contributed by atoms with Gasteiger partial charge in [0.1, 0.15) is 6.04 Å². The molecule has 1 aliphatic heterocycles. The van der Waals surface area contributed by atoms with Crippen LogP contribution in [0.25, 0.3) is 0 Å². The van der Waals surface area contributed by atoms with E-state index in [-0.39, 0.29) is 29.8 Å². The summed E-state index contributed by atoms with van der Waals surface area (Å²) in [6, 6.07) is -0.196. The largest absolute Gasteiger partial charge is 0.344 e. The molecule has 1 saturated heterocycles. The number of likely N-dealkylation sites (tertiary alicyclic amines) is 1. The summed E-state index contributed by atoms with van der Waals surface area (Å²) < 4.78 is 1.94. The second kappa shape index (κ2) is 8.02. The van der Waals surface area contributed by atoms with Crippen molar-refractivity contribution in [2.45, 2.75) is 77.4 Å². The molecule has 0 bridgehead atoms. The highest BCUT2D eigenvalue weighted by Gasteiger charge is 2.37. The third kappa shape index (κ3) is 4.41. The van der Waals surface area contributed by atoms with Crippen LogP contribution in [-0.4, -0.2) is 45.1 Å². The lowest BCUT2D eigenvalue weighted by Gasteiger charge is -2.39. The van der Waals surface area contributed by atoms with E-state index in [1.807, 2.05) is 28.9 Å². The number of amides is 2. The molecule has 138 valence electrons. The van der Waals surface area contributed by atoms with Crippen molar-refractivity contribution < 1.29 is 9.59 Å². The van der Waals surface area contributed by atoms with Crippen LogP contribution in [0.4, 0.5) is 0 Å². The molecule has 25 heavy (non-hydrogen) atoms. The van der Waals surface area contributed by atoms with Crippen LogP contribution < -0.4 is 5.32 Å². The number of nitrogens with zero attached hydrogens (tertiary/aromatic N) is 3. The maximum atomic E-state index is 13.3. The summed E-state index contributed by atoms with van der Waals surface area (Å²) >= 11 is 0. The summed E-state index contributed by atoms with van der Waals surface area (Å²) in [5.74, 6) is 0.281. The average Bonchev–Trinajstić information content (AvgIpc) is 3.24. The SMILES string of the molecule is CC(=O)N[C@H](C(=O)N1CCCC[C@@H]1Cn1cc(C)cn1)C1CCCC1. The fraction of sp³-hybridized carbons (Fsp3) is 0.737. The third-order valence-corrected chi connectivity index (χ3v) is 5.57. The molecule has 2 amide bonds. The van der Waals surface area contributed by atoms with Crippen LogP contribution >= 0.6 is 0 Å². The van der Waals surface area contributed by atoms with Crippen LogP contribution in [0.1, 0.15) is 57.4 Å². The number of carbonyl (C=O) groups is 2. The first kappa shape index (κ1) is 18.0. The van der Waals surface area contributed by atoms with Gasteiger partial charge in [-0.15, -0.1) is 0 Å². The van der Waals surface area contributed by atoms with Gasteiger partial charge in [-0.05, 0) is 50.5 Å². The second-order valence-corrected chi connectivity index (χ2v) is 7.64. The van der Waals surface area contributed by atoms with Gasteiger partial charge in [0.2, 0.25) is 11.8 Å². The lowest BCUT2D eigenvalue weighted by atomic mass is 9.94. The van der Waals surface area contributed by atoms with Crippen LogP contribution in [0.5, 0.6) is 0 Å². The number of piperidine rings is 1. The minimum Gasteiger partial charge on any atom is -0.344 e. The Morgan fingerprint density at radius 2 is 1.96 bits per heavy atom. The first-order valence-electron chi connectivity index (χ1n) is 9.61. The molecule has 1 saturated carbocycles. The molecule has 2 atom stereocenters. The van der Waals surface area contributed by atoms with Crippen molar-refractivity contribution in [3.63, 3.8) is 0 Å². The summed E-state index contributed by atoms with van der Waals surface area (Å²) in [5.41, 5.74) is 1.13. The van der Waals surface area contributed by atoms with E-state index in [9.17, 15) is 9.59 Å². The van der Waals surface area contributed by atoms with Gasteiger partial charge in [0.05, 0.1) is 18.8 Å².